The second-order valence-corrected chi connectivity index (χ2v) is 10.6. The number of carboxylic acid groups (broad SMARTS) is 2. The molecule has 5 rings (SSSR count). The minimum atomic E-state index is -4.22. The molecular formula is C21H21NO7S. The van der Waals surface area contributed by atoms with E-state index in [1.54, 1.807) is 24.3 Å². The average Bonchev–Trinajstić information content (AvgIpc) is 3.33. The van der Waals surface area contributed by atoms with Gasteiger partial charge >= 0.3 is 11.9 Å². The van der Waals surface area contributed by atoms with Gasteiger partial charge in [0.15, 0.2) is 0 Å². The van der Waals surface area contributed by atoms with Gasteiger partial charge in [0.05, 0.1) is 22.6 Å². The number of rotatable bonds is 4. The molecule has 0 aliphatic carbocycles. The molecule has 9 heteroatoms. The highest BCUT2D eigenvalue weighted by molar-refractivity contribution is 7.89. The lowest BCUT2D eigenvalue weighted by molar-refractivity contribution is -0.175. The molecule has 1 aromatic rings. The molecule has 0 spiro atoms. The summed E-state index contributed by atoms with van der Waals surface area (Å²) < 4.78 is 34.5. The Morgan fingerprint density at radius 3 is 2.13 bits per heavy atom. The number of sulfonamides is 1. The second-order valence-electron chi connectivity index (χ2n) is 8.80. The van der Waals surface area contributed by atoms with Gasteiger partial charge in [0.25, 0.3) is 0 Å². The number of hydrogen-bond donors (Lipinski definition) is 2. The van der Waals surface area contributed by atoms with Crippen molar-refractivity contribution < 1.29 is 33.0 Å². The monoisotopic (exact) mass is 431 g/mol. The smallest absolute Gasteiger partial charge is 0.316 e. The molecule has 2 fully saturated rings. The van der Waals surface area contributed by atoms with Gasteiger partial charge in [0.1, 0.15) is 16.4 Å². The number of benzene rings is 1. The maximum Gasteiger partial charge on any atom is 0.316 e. The van der Waals surface area contributed by atoms with Crippen molar-refractivity contribution in [3.63, 3.8) is 0 Å². The number of aryl methyl sites for hydroxylation is 1. The van der Waals surface area contributed by atoms with Crippen LogP contribution in [-0.2, 0) is 24.3 Å². The number of fused-ring (bicyclic) bond motifs is 9. The normalized spacial score (nSPS) is 43.3. The largest absolute Gasteiger partial charge is 0.481 e. The van der Waals surface area contributed by atoms with E-state index in [9.17, 15) is 28.2 Å². The van der Waals surface area contributed by atoms with Crippen LogP contribution < -0.4 is 0 Å². The summed E-state index contributed by atoms with van der Waals surface area (Å²) >= 11 is 0. The van der Waals surface area contributed by atoms with E-state index in [0.29, 0.717) is 0 Å². The first kappa shape index (κ1) is 19.5. The third-order valence-corrected chi connectivity index (χ3v) is 9.59. The quantitative estimate of drug-likeness (QED) is 0.694. The zero-order chi connectivity index (χ0) is 21.9. The Bertz CT molecular complexity index is 1160. The Kier molecular flexibility index (Phi) is 3.39. The van der Waals surface area contributed by atoms with E-state index < -0.39 is 56.1 Å². The van der Waals surface area contributed by atoms with Crippen LogP contribution in [0.4, 0.5) is 0 Å². The topological polar surface area (TPSA) is 121 Å². The molecule has 2 N–H and O–H groups in total. The highest BCUT2D eigenvalue weighted by atomic mass is 32.2. The van der Waals surface area contributed by atoms with Crippen molar-refractivity contribution in [1.82, 2.24) is 4.31 Å². The molecule has 158 valence electrons. The number of ether oxygens (including phenoxy) is 1. The van der Waals surface area contributed by atoms with E-state index in [4.69, 9.17) is 4.74 Å². The maximum atomic E-state index is 13.7. The van der Waals surface area contributed by atoms with Gasteiger partial charge in [-0.05, 0) is 32.9 Å². The lowest BCUT2D eigenvalue weighted by Gasteiger charge is -2.49. The summed E-state index contributed by atoms with van der Waals surface area (Å²) in [7, 11) is -4.22. The fourth-order valence-electron chi connectivity index (χ4n) is 6.48. The van der Waals surface area contributed by atoms with Gasteiger partial charge < -0.3 is 14.9 Å². The summed E-state index contributed by atoms with van der Waals surface area (Å²) in [5.41, 5.74) is -6.29. The summed E-state index contributed by atoms with van der Waals surface area (Å²) in [6.07, 6.45) is 5.05. The van der Waals surface area contributed by atoms with Crippen molar-refractivity contribution in [2.45, 2.75) is 49.0 Å². The highest BCUT2D eigenvalue weighted by Gasteiger charge is 2.93. The summed E-state index contributed by atoms with van der Waals surface area (Å²) in [4.78, 5) is 25.7. The number of nitrogens with zero attached hydrogens (tertiary/aromatic N) is 1. The first-order chi connectivity index (χ1) is 13.9. The van der Waals surface area contributed by atoms with E-state index in [2.05, 4.69) is 0 Å². The van der Waals surface area contributed by atoms with Crippen molar-refractivity contribution in [2.24, 2.45) is 10.8 Å². The fraction of sp³-hybridized carbons (Fsp3) is 0.429. The van der Waals surface area contributed by atoms with Crippen molar-refractivity contribution in [3.05, 3.63) is 54.1 Å². The third kappa shape index (κ3) is 1.61. The molecule has 0 aromatic heterocycles. The molecule has 0 amide bonds. The molecule has 4 bridgehead atoms. The standard InChI is InChI=1S/C21H21NO7S/c1-12-4-6-13(7-5-12)30(27,28)22-14-8-10-18(22,2)21(17(25)26)15-9-11-19(3,29-15)20(14,21)16(23)24/h4-11,14-15H,1-3H3,(H,23,24)(H,25,26)/t14-,15-,18+,19+,20-,21-/m0/s1. The van der Waals surface area contributed by atoms with Crippen LogP contribution >= 0.6 is 0 Å². The molecule has 30 heavy (non-hydrogen) atoms. The van der Waals surface area contributed by atoms with Crippen LogP contribution in [0.5, 0.6) is 0 Å². The molecule has 1 aromatic carbocycles. The zero-order valence-electron chi connectivity index (χ0n) is 16.6. The number of carboxylic acids is 2. The van der Waals surface area contributed by atoms with Crippen LogP contribution in [0.2, 0.25) is 0 Å². The summed E-state index contributed by atoms with van der Waals surface area (Å²) in [5, 5.41) is 20.9. The number of aliphatic carboxylic acids is 2. The van der Waals surface area contributed by atoms with Crippen LogP contribution in [0.15, 0.2) is 53.5 Å². The second kappa shape index (κ2) is 5.22. The first-order valence-corrected chi connectivity index (χ1v) is 11.0. The molecule has 4 heterocycles. The maximum absolute atomic E-state index is 13.7. The predicted molar refractivity (Wildman–Crippen MR) is 104 cm³/mol. The molecule has 6 atom stereocenters. The van der Waals surface area contributed by atoms with Gasteiger partial charge in [-0.15, -0.1) is 0 Å². The minimum Gasteiger partial charge on any atom is -0.481 e. The van der Waals surface area contributed by atoms with Gasteiger partial charge in [0.2, 0.25) is 10.0 Å². The predicted octanol–water partition coefficient (Wildman–Crippen LogP) is 1.57. The number of carbonyl (C=O) groups is 2. The zero-order valence-corrected chi connectivity index (χ0v) is 17.4. The highest BCUT2D eigenvalue weighted by Crippen LogP contribution is 2.77. The summed E-state index contributed by atoms with van der Waals surface area (Å²) in [6.45, 7) is 4.83. The molecule has 4 aliphatic rings. The van der Waals surface area contributed by atoms with E-state index in [1.807, 2.05) is 6.92 Å². The molecule has 0 saturated carbocycles. The van der Waals surface area contributed by atoms with Crippen LogP contribution in [0.25, 0.3) is 0 Å². The van der Waals surface area contributed by atoms with Gasteiger partial charge in [-0.1, -0.05) is 42.0 Å². The van der Waals surface area contributed by atoms with E-state index >= 15 is 0 Å². The van der Waals surface area contributed by atoms with Gasteiger partial charge in [-0.2, -0.15) is 4.31 Å². The van der Waals surface area contributed by atoms with Gasteiger partial charge in [0, 0.05) is 0 Å². The molecule has 8 nitrogen and oxygen atoms in total. The van der Waals surface area contributed by atoms with E-state index in [1.165, 1.54) is 38.1 Å². The molecule has 0 unspecified atom stereocenters. The van der Waals surface area contributed by atoms with E-state index in [0.717, 1.165) is 9.87 Å². The average molecular weight is 431 g/mol. The van der Waals surface area contributed by atoms with Crippen molar-refractivity contribution in [1.29, 1.82) is 0 Å². The van der Waals surface area contributed by atoms with E-state index in [-0.39, 0.29) is 4.90 Å². The molecular weight excluding hydrogens is 410 g/mol. The summed E-state index contributed by atoms with van der Waals surface area (Å²) in [5.74, 6) is -2.78. The van der Waals surface area contributed by atoms with Crippen LogP contribution in [0.3, 0.4) is 0 Å². The van der Waals surface area contributed by atoms with Crippen molar-refractivity contribution in [2.75, 3.05) is 0 Å². The summed E-state index contributed by atoms with van der Waals surface area (Å²) in [6, 6.07) is 4.98. The minimum absolute atomic E-state index is 0.0135. The molecule has 2 saturated heterocycles. The van der Waals surface area contributed by atoms with Crippen LogP contribution in [0, 0.1) is 17.8 Å². The Balaban J connectivity index is 1.84. The lowest BCUT2D eigenvalue weighted by Crippen LogP contribution is -2.68. The van der Waals surface area contributed by atoms with Crippen LogP contribution in [-0.4, -0.2) is 58.2 Å². The fourth-order valence-corrected chi connectivity index (χ4v) is 8.42. The Morgan fingerprint density at radius 2 is 1.60 bits per heavy atom. The van der Waals surface area contributed by atoms with Gasteiger partial charge in [-0.25, -0.2) is 8.42 Å². The third-order valence-electron chi connectivity index (χ3n) is 7.60. The van der Waals surface area contributed by atoms with Crippen molar-refractivity contribution >= 4 is 22.0 Å². The Labute approximate surface area is 173 Å². The Hall–Kier alpha value is -2.49. The number of hydrogen-bond acceptors (Lipinski definition) is 5. The first-order valence-electron chi connectivity index (χ1n) is 9.56. The SMILES string of the molecule is Cc1ccc(S(=O)(=O)N2[C@H]3C=C[C@]2(C)[C@@]2(C(=O)O)[C@@H]4C=C[C@@](C)(O4)[C@@]32C(=O)O)cc1. The van der Waals surface area contributed by atoms with Crippen molar-refractivity contribution in [3.8, 4) is 0 Å². The molecule has 0 radical (unpaired) electrons. The lowest BCUT2D eigenvalue weighted by atomic mass is 9.46. The molecule has 4 aliphatic heterocycles. The Morgan fingerprint density at radius 1 is 1.00 bits per heavy atom. The van der Waals surface area contributed by atoms with Gasteiger partial charge in [-0.3, -0.25) is 9.59 Å². The van der Waals surface area contributed by atoms with Crippen LogP contribution in [0.1, 0.15) is 19.4 Å².